The van der Waals surface area contributed by atoms with Crippen LogP contribution < -0.4 is 4.74 Å². The Morgan fingerprint density at radius 2 is 1.83 bits per heavy atom. The van der Waals surface area contributed by atoms with Crippen molar-refractivity contribution >= 4 is 27.5 Å². The number of hydrogen-bond acceptors (Lipinski definition) is 5. The van der Waals surface area contributed by atoms with Crippen LogP contribution in [0.4, 0.5) is 0 Å². The van der Waals surface area contributed by atoms with E-state index in [0.29, 0.717) is 18.8 Å². The standard InChI is InChI=1S/C21H32ClN3O4S/c1-3-23-11-13-24(14-12-23)21(26)16-25(17-7-5-4-6-8-17)30(27,28)18-9-10-20(29-2)19(22)15-18/h9-10,15,17H,3-8,11-14,16H2,1-2H3. The summed E-state index contributed by atoms with van der Waals surface area (Å²) < 4.78 is 33.7. The number of carbonyl (C=O) groups is 1. The summed E-state index contributed by atoms with van der Waals surface area (Å²) in [5.41, 5.74) is 0. The van der Waals surface area contributed by atoms with Crippen LogP contribution in [0, 0.1) is 0 Å². The molecule has 1 heterocycles. The van der Waals surface area contributed by atoms with Crippen molar-refractivity contribution in [3.8, 4) is 5.75 Å². The number of nitrogens with zero attached hydrogens (tertiary/aromatic N) is 3. The van der Waals surface area contributed by atoms with Crippen molar-refractivity contribution in [3.63, 3.8) is 0 Å². The van der Waals surface area contributed by atoms with Gasteiger partial charge in [-0.3, -0.25) is 4.79 Å². The van der Waals surface area contributed by atoms with Crippen LogP contribution >= 0.6 is 11.6 Å². The monoisotopic (exact) mass is 457 g/mol. The average molecular weight is 458 g/mol. The van der Waals surface area contributed by atoms with E-state index in [2.05, 4.69) is 11.8 Å². The van der Waals surface area contributed by atoms with Crippen molar-refractivity contribution in [2.45, 2.75) is 50.0 Å². The second kappa shape index (κ2) is 10.3. The van der Waals surface area contributed by atoms with Crippen molar-refractivity contribution in [2.75, 3.05) is 46.4 Å². The number of benzene rings is 1. The van der Waals surface area contributed by atoms with Crippen LogP contribution in [0.3, 0.4) is 0 Å². The first-order valence-electron chi connectivity index (χ1n) is 10.7. The van der Waals surface area contributed by atoms with Crippen molar-refractivity contribution in [2.24, 2.45) is 0 Å². The van der Waals surface area contributed by atoms with E-state index in [1.165, 1.54) is 23.5 Å². The molecule has 7 nitrogen and oxygen atoms in total. The van der Waals surface area contributed by atoms with Gasteiger partial charge in [0.25, 0.3) is 0 Å². The third-order valence-electron chi connectivity index (χ3n) is 6.18. The first-order chi connectivity index (χ1) is 14.4. The second-order valence-electron chi connectivity index (χ2n) is 7.95. The van der Waals surface area contributed by atoms with E-state index in [4.69, 9.17) is 16.3 Å². The van der Waals surface area contributed by atoms with E-state index < -0.39 is 10.0 Å². The minimum absolute atomic E-state index is 0.0995. The molecule has 2 fully saturated rings. The lowest BCUT2D eigenvalue weighted by molar-refractivity contribution is -0.133. The van der Waals surface area contributed by atoms with E-state index >= 15 is 0 Å². The Hall–Kier alpha value is -1.35. The van der Waals surface area contributed by atoms with Crippen molar-refractivity contribution in [1.29, 1.82) is 0 Å². The van der Waals surface area contributed by atoms with Gasteiger partial charge in [0.15, 0.2) is 0 Å². The minimum Gasteiger partial charge on any atom is -0.495 e. The Morgan fingerprint density at radius 1 is 1.17 bits per heavy atom. The predicted molar refractivity (Wildman–Crippen MR) is 117 cm³/mol. The fourth-order valence-corrected chi connectivity index (χ4v) is 6.25. The van der Waals surface area contributed by atoms with Crippen LogP contribution in [0.25, 0.3) is 0 Å². The summed E-state index contributed by atoms with van der Waals surface area (Å²) in [5.74, 6) is 0.296. The van der Waals surface area contributed by atoms with E-state index in [9.17, 15) is 13.2 Å². The van der Waals surface area contributed by atoms with Crippen molar-refractivity contribution in [1.82, 2.24) is 14.1 Å². The average Bonchev–Trinajstić information content (AvgIpc) is 2.77. The maximum atomic E-state index is 13.5. The number of likely N-dealkylation sites (N-methyl/N-ethyl adjacent to an activating group) is 1. The number of sulfonamides is 1. The molecule has 1 saturated heterocycles. The quantitative estimate of drug-likeness (QED) is 0.629. The van der Waals surface area contributed by atoms with Gasteiger partial charge < -0.3 is 14.5 Å². The first-order valence-corrected chi connectivity index (χ1v) is 12.5. The highest BCUT2D eigenvalue weighted by Crippen LogP contribution is 2.32. The summed E-state index contributed by atoms with van der Waals surface area (Å²) in [7, 11) is -2.38. The molecule has 0 bridgehead atoms. The van der Waals surface area contributed by atoms with E-state index in [0.717, 1.165) is 51.7 Å². The molecule has 1 aliphatic carbocycles. The molecule has 1 saturated carbocycles. The van der Waals surface area contributed by atoms with Gasteiger partial charge in [0, 0.05) is 32.2 Å². The lowest BCUT2D eigenvalue weighted by Crippen LogP contribution is -2.53. The Labute approximate surface area is 185 Å². The number of halogens is 1. The molecule has 0 aromatic heterocycles. The lowest BCUT2D eigenvalue weighted by Gasteiger charge is -2.37. The fraction of sp³-hybridized carbons (Fsp3) is 0.667. The van der Waals surface area contributed by atoms with Gasteiger partial charge in [0.1, 0.15) is 5.75 Å². The normalized spacial score (nSPS) is 19.3. The molecule has 30 heavy (non-hydrogen) atoms. The van der Waals surface area contributed by atoms with Gasteiger partial charge in [-0.1, -0.05) is 37.8 Å². The maximum Gasteiger partial charge on any atom is 0.243 e. The summed E-state index contributed by atoms with van der Waals surface area (Å²) in [6.07, 6.45) is 4.61. The smallest absolute Gasteiger partial charge is 0.243 e. The van der Waals surface area contributed by atoms with E-state index in [-0.39, 0.29) is 28.4 Å². The van der Waals surface area contributed by atoms with Crippen molar-refractivity contribution in [3.05, 3.63) is 23.2 Å². The molecular weight excluding hydrogens is 426 g/mol. The van der Waals surface area contributed by atoms with Crippen LogP contribution in [0.1, 0.15) is 39.0 Å². The van der Waals surface area contributed by atoms with E-state index in [1.54, 1.807) is 11.0 Å². The molecule has 0 spiro atoms. The molecule has 0 atom stereocenters. The minimum atomic E-state index is -3.86. The molecule has 1 aromatic rings. The maximum absolute atomic E-state index is 13.5. The molecule has 0 N–H and O–H groups in total. The molecule has 3 rings (SSSR count). The van der Waals surface area contributed by atoms with Gasteiger partial charge in [-0.2, -0.15) is 4.31 Å². The van der Waals surface area contributed by atoms with Gasteiger partial charge in [0.2, 0.25) is 15.9 Å². The van der Waals surface area contributed by atoms with Crippen LogP contribution in [-0.2, 0) is 14.8 Å². The number of carbonyl (C=O) groups excluding carboxylic acids is 1. The zero-order valence-electron chi connectivity index (χ0n) is 17.8. The predicted octanol–water partition coefficient (Wildman–Crippen LogP) is 2.84. The summed E-state index contributed by atoms with van der Waals surface area (Å²) in [5, 5.41) is 0.240. The highest BCUT2D eigenvalue weighted by molar-refractivity contribution is 7.89. The summed E-state index contributed by atoms with van der Waals surface area (Å²) in [4.78, 5) is 17.2. The Kier molecular flexibility index (Phi) is 8.01. The number of amides is 1. The van der Waals surface area contributed by atoms with Gasteiger partial charge >= 0.3 is 0 Å². The topological polar surface area (TPSA) is 70.2 Å². The zero-order valence-corrected chi connectivity index (χ0v) is 19.4. The van der Waals surface area contributed by atoms with Gasteiger partial charge in [-0.25, -0.2) is 8.42 Å². The lowest BCUT2D eigenvalue weighted by atomic mass is 9.95. The number of hydrogen-bond donors (Lipinski definition) is 0. The summed E-state index contributed by atoms with van der Waals surface area (Å²) in [6.45, 7) is 5.87. The fourth-order valence-electron chi connectivity index (χ4n) is 4.27. The molecule has 0 radical (unpaired) electrons. The SMILES string of the molecule is CCN1CCN(C(=O)CN(C2CCCCC2)S(=O)(=O)c2ccc(OC)c(Cl)c2)CC1. The molecular formula is C21H32ClN3O4S. The number of methoxy groups -OCH3 is 1. The highest BCUT2D eigenvalue weighted by Gasteiger charge is 2.35. The van der Waals surface area contributed by atoms with Crippen LogP contribution in [-0.4, -0.2) is 80.9 Å². The Bertz CT molecular complexity index is 835. The Balaban J connectivity index is 1.83. The second-order valence-corrected chi connectivity index (χ2v) is 10.3. The molecule has 1 aromatic carbocycles. The van der Waals surface area contributed by atoms with Crippen LogP contribution in [0.2, 0.25) is 5.02 Å². The molecule has 9 heteroatoms. The molecule has 1 amide bonds. The van der Waals surface area contributed by atoms with Gasteiger partial charge in [-0.05, 0) is 37.6 Å². The molecule has 168 valence electrons. The molecule has 0 unspecified atom stereocenters. The van der Waals surface area contributed by atoms with Crippen LogP contribution in [0.15, 0.2) is 23.1 Å². The number of ether oxygens (including phenoxy) is 1. The van der Waals surface area contributed by atoms with E-state index in [1.807, 2.05) is 0 Å². The molecule has 1 aliphatic heterocycles. The van der Waals surface area contributed by atoms with Crippen molar-refractivity contribution < 1.29 is 17.9 Å². The summed E-state index contributed by atoms with van der Waals surface area (Å²) >= 11 is 6.19. The third kappa shape index (κ3) is 5.28. The number of rotatable bonds is 7. The zero-order chi connectivity index (χ0) is 21.7. The molecule has 2 aliphatic rings. The van der Waals surface area contributed by atoms with Gasteiger partial charge in [-0.15, -0.1) is 0 Å². The van der Waals surface area contributed by atoms with Crippen LogP contribution in [0.5, 0.6) is 5.75 Å². The third-order valence-corrected chi connectivity index (χ3v) is 8.36. The Morgan fingerprint density at radius 3 is 2.40 bits per heavy atom. The summed E-state index contributed by atoms with van der Waals surface area (Å²) in [6, 6.07) is 4.31. The van der Waals surface area contributed by atoms with Gasteiger partial charge in [0.05, 0.1) is 23.6 Å². The highest BCUT2D eigenvalue weighted by atomic mass is 35.5. The largest absolute Gasteiger partial charge is 0.495 e. The number of piperazine rings is 1. The first kappa shape index (κ1) is 23.3.